The van der Waals surface area contributed by atoms with Gasteiger partial charge >= 0.3 is 5.97 Å². The third-order valence-electron chi connectivity index (χ3n) is 17.2. The molecule has 1 aliphatic heterocycles. The second-order valence-electron chi connectivity index (χ2n) is 19.8. The molecule has 0 radical (unpaired) electrons. The summed E-state index contributed by atoms with van der Waals surface area (Å²) in [6.45, 7) is 21.5. The molecule has 6 aliphatic rings. The molecular weight excluding hydrogens is 663 g/mol. The van der Waals surface area contributed by atoms with Gasteiger partial charge in [-0.15, -0.1) is 0 Å². The Hall–Kier alpha value is -2.62. The van der Waals surface area contributed by atoms with E-state index in [4.69, 9.17) is 19.6 Å². The predicted molar refractivity (Wildman–Crippen MR) is 206 cm³/mol. The van der Waals surface area contributed by atoms with Gasteiger partial charge in [-0.3, -0.25) is 9.78 Å². The van der Waals surface area contributed by atoms with Crippen molar-refractivity contribution in [3.05, 3.63) is 42.5 Å². The molecule has 2 aromatic rings. The van der Waals surface area contributed by atoms with Gasteiger partial charge in [0.05, 0.1) is 37.9 Å². The van der Waals surface area contributed by atoms with Crippen molar-refractivity contribution in [2.24, 2.45) is 56.7 Å². The van der Waals surface area contributed by atoms with Crippen molar-refractivity contribution in [2.75, 3.05) is 26.4 Å². The number of carboxylic acid groups (broad SMARTS) is 1. The van der Waals surface area contributed by atoms with E-state index in [-0.39, 0.29) is 50.7 Å². The minimum atomic E-state index is -0.617. The molecule has 8 rings (SSSR count). The van der Waals surface area contributed by atoms with Gasteiger partial charge in [0.25, 0.3) is 0 Å². The second-order valence-corrected chi connectivity index (χ2v) is 19.8. The average Bonchev–Trinajstić information content (AvgIpc) is 3.60. The van der Waals surface area contributed by atoms with Crippen LogP contribution in [0.15, 0.2) is 42.5 Å². The minimum Gasteiger partial charge on any atom is -0.481 e. The summed E-state index contributed by atoms with van der Waals surface area (Å²) in [7, 11) is 0. The average molecular weight is 728 g/mol. The smallest absolute Gasteiger partial charge is 0.307 e. The summed E-state index contributed by atoms with van der Waals surface area (Å²) in [4.78, 5) is 22.8. The van der Waals surface area contributed by atoms with Gasteiger partial charge < -0.3 is 19.9 Å². The van der Waals surface area contributed by atoms with E-state index in [1.54, 1.807) is 6.33 Å². The highest BCUT2D eigenvalue weighted by Gasteiger charge is 2.73. The molecule has 11 atom stereocenters. The van der Waals surface area contributed by atoms with Crippen LogP contribution in [-0.2, 0) is 14.3 Å². The Bertz CT molecular complexity index is 1720. The van der Waals surface area contributed by atoms with Gasteiger partial charge in [-0.25, -0.2) is 9.67 Å². The normalized spacial score (nSPS) is 42.1. The first kappa shape index (κ1) is 37.3. The van der Waals surface area contributed by atoms with Crippen LogP contribution in [0.3, 0.4) is 0 Å². The number of nitrogens with zero attached hydrogens (tertiary/aromatic N) is 4. The monoisotopic (exact) mass is 728 g/mol. The summed E-state index contributed by atoms with van der Waals surface area (Å²) in [6.07, 6.45) is 17.0. The van der Waals surface area contributed by atoms with Gasteiger partial charge in [-0.1, -0.05) is 67.0 Å². The molecule has 4 saturated carbocycles. The van der Waals surface area contributed by atoms with E-state index < -0.39 is 11.9 Å². The van der Waals surface area contributed by atoms with Gasteiger partial charge in [0.1, 0.15) is 6.33 Å². The maximum atomic E-state index is 13.7. The van der Waals surface area contributed by atoms with Crippen LogP contribution in [0.4, 0.5) is 0 Å². The van der Waals surface area contributed by atoms with E-state index in [2.05, 4.69) is 76.4 Å². The Balaban J connectivity index is 1.28. The molecule has 5 fully saturated rings. The van der Waals surface area contributed by atoms with E-state index in [1.807, 2.05) is 24.5 Å². The van der Waals surface area contributed by atoms with Gasteiger partial charge in [-0.05, 0) is 122 Å². The van der Waals surface area contributed by atoms with E-state index in [1.165, 1.54) is 12.0 Å². The fourth-order valence-corrected chi connectivity index (χ4v) is 13.9. The van der Waals surface area contributed by atoms with Crippen molar-refractivity contribution in [3.8, 4) is 11.4 Å². The number of fused-ring (bicyclic) bond motifs is 3. The number of hydrogen-bond donors (Lipinski definition) is 2. The lowest BCUT2D eigenvalue weighted by Crippen LogP contribution is -2.70. The van der Waals surface area contributed by atoms with Crippen molar-refractivity contribution < 1.29 is 19.4 Å². The minimum absolute atomic E-state index is 0.00673. The molecule has 5 aliphatic carbocycles. The Morgan fingerprint density at radius 3 is 2.47 bits per heavy atom. The van der Waals surface area contributed by atoms with Crippen molar-refractivity contribution in [2.45, 2.75) is 131 Å². The Morgan fingerprint density at radius 1 is 1.06 bits per heavy atom. The zero-order valence-electron chi connectivity index (χ0n) is 33.7. The van der Waals surface area contributed by atoms with E-state index >= 15 is 0 Å². The maximum Gasteiger partial charge on any atom is 0.307 e. The Morgan fingerprint density at radius 2 is 1.81 bits per heavy atom. The van der Waals surface area contributed by atoms with Gasteiger partial charge in [0.2, 0.25) is 0 Å². The molecule has 0 aromatic carbocycles. The lowest BCUT2D eigenvalue weighted by molar-refractivity contribution is -0.255. The van der Waals surface area contributed by atoms with Gasteiger partial charge in [0, 0.05) is 28.9 Å². The summed E-state index contributed by atoms with van der Waals surface area (Å²) < 4.78 is 16.6. The van der Waals surface area contributed by atoms with Crippen molar-refractivity contribution in [1.82, 2.24) is 25.1 Å². The van der Waals surface area contributed by atoms with Crippen LogP contribution in [0.5, 0.6) is 0 Å². The van der Waals surface area contributed by atoms with Crippen LogP contribution in [-0.4, -0.2) is 68.8 Å². The molecule has 2 bridgehead atoms. The molecule has 290 valence electrons. The highest BCUT2D eigenvalue weighted by atomic mass is 16.5. The third-order valence-corrected chi connectivity index (χ3v) is 17.2. The first-order chi connectivity index (χ1) is 25.2. The van der Waals surface area contributed by atoms with E-state index in [9.17, 15) is 9.90 Å². The molecule has 1 saturated heterocycles. The van der Waals surface area contributed by atoms with Crippen LogP contribution < -0.4 is 5.32 Å². The molecule has 9 heteroatoms. The highest BCUT2D eigenvalue weighted by molar-refractivity contribution is 5.73. The van der Waals surface area contributed by atoms with Crippen LogP contribution in [0.2, 0.25) is 0 Å². The molecule has 2 aromatic heterocycles. The predicted octanol–water partition coefficient (Wildman–Crippen LogP) is 8.39. The second kappa shape index (κ2) is 13.0. The molecular formula is C44H65N5O4. The number of ether oxygens (including phenoxy) is 2. The zero-order chi connectivity index (χ0) is 37.6. The Kier molecular flexibility index (Phi) is 9.13. The summed E-state index contributed by atoms with van der Waals surface area (Å²) in [5.41, 5.74) is 1.24. The van der Waals surface area contributed by atoms with E-state index in [0.29, 0.717) is 31.0 Å². The fourth-order valence-electron chi connectivity index (χ4n) is 13.9. The summed E-state index contributed by atoms with van der Waals surface area (Å²) in [6, 6.07) is 4.01. The SMILES string of the molecule is CCNC1(CO[C@H]2[C@H](n3ncnc3-c3ccncc3)C[C@]3(C)COC[C@@]24C2=CC[C@@]5(C)[C@H](C(=O)O)[C@@](C)([C@H](C)C(C)C)CC[C@]5(C)[C@H]2CC[C@H]34)CCC1. The molecule has 3 heterocycles. The third kappa shape index (κ3) is 5.24. The number of hydrogen-bond acceptors (Lipinski definition) is 7. The molecule has 9 nitrogen and oxygen atoms in total. The lowest BCUT2D eigenvalue weighted by atomic mass is 9.34. The number of aromatic nitrogens is 4. The summed E-state index contributed by atoms with van der Waals surface area (Å²) in [5, 5.41) is 20.1. The van der Waals surface area contributed by atoms with Crippen LogP contribution >= 0.6 is 0 Å². The maximum absolute atomic E-state index is 13.7. The van der Waals surface area contributed by atoms with Crippen LogP contribution in [0.1, 0.15) is 119 Å². The lowest BCUT2D eigenvalue weighted by Gasteiger charge is -2.71. The molecule has 53 heavy (non-hydrogen) atoms. The van der Waals surface area contributed by atoms with Crippen molar-refractivity contribution >= 4 is 5.97 Å². The van der Waals surface area contributed by atoms with Crippen molar-refractivity contribution in [3.63, 3.8) is 0 Å². The summed E-state index contributed by atoms with van der Waals surface area (Å²) >= 11 is 0. The van der Waals surface area contributed by atoms with Crippen LogP contribution in [0.25, 0.3) is 11.4 Å². The fraction of sp³-hybridized carbons (Fsp3) is 0.773. The molecule has 2 N–H and O–H groups in total. The number of carboxylic acids is 1. The largest absolute Gasteiger partial charge is 0.481 e. The first-order valence-corrected chi connectivity index (χ1v) is 20.9. The number of rotatable bonds is 10. The number of likely N-dealkylation sites (N-methyl/N-ethyl adjacent to an activating group) is 1. The molecule has 0 spiro atoms. The highest BCUT2D eigenvalue weighted by Crippen LogP contribution is 2.75. The number of nitrogens with one attached hydrogen (secondary N) is 1. The number of carbonyl (C=O) groups is 1. The first-order valence-electron chi connectivity index (χ1n) is 20.9. The number of pyridine rings is 1. The molecule has 0 amide bonds. The van der Waals surface area contributed by atoms with Crippen LogP contribution in [0, 0.1) is 56.7 Å². The molecule has 0 unspecified atom stereocenters. The Labute approximate surface area is 317 Å². The zero-order valence-corrected chi connectivity index (χ0v) is 33.7. The van der Waals surface area contributed by atoms with Crippen molar-refractivity contribution in [1.29, 1.82) is 0 Å². The number of aliphatic carboxylic acids is 1. The number of allylic oxidation sites excluding steroid dienone is 1. The summed E-state index contributed by atoms with van der Waals surface area (Å²) in [5.74, 6) is 1.20. The topological polar surface area (TPSA) is 111 Å². The quantitative estimate of drug-likeness (QED) is 0.235. The standard InChI is InChI=1S/C44H65N5O4/c1-9-47-43(16-10-17-43)25-53-36-33(49-37(46-27-48-49)30-14-21-45-22-15-30)23-39(5)24-52-26-44(36)32-13-18-42(8)35(38(50)51)40(6,29(4)28(2)3)19-20-41(42,7)31(32)11-12-34(39)44/h13-15,21-22,27-29,31,33-36,47H,9-12,16-20,23-26H2,1-8H3,(H,50,51)/t29-,31+,33-,34-,35-,36+,39-,40-,41-,42+,44+/m1/s1. The van der Waals surface area contributed by atoms with E-state index in [0.717, 1.165) is 75.9 Å². The van der Waals surface area contributed by atoms with Gasteiger partial charge in [0.15, 0.2) is 5.82 Å². The van der Waals surface area contributed by atoms with Gasteiger partial charge in [-0.2, -0.15) is 5.10 Å².